The molecule has 0 radical (unpaired) electrons. The molecule has 0 aliphatic carbocycles. The zero-order chi connectivity index (χ0) is 35.9. The number of hydrogen-bond donors (Lipinski definition) is 0. The van der Waals surface area contributed by atoms with Crippen molar-refractivity contribution in [2.24, 2.45) is 16.7 Å². The fourth-order valence-corrected chi connectivity index (χ4v) is 6.42. The molecule has 48 heavy (non-hydrogen) atoms. The summed E-state index contributed by atoms with van der Waals surface area (Å²) >= 11 is 0. The van der Waals surface area contributed by atoms with E-state index in [0.29, 0.717) is 28.9 Å². The lowest BCUT2D eigenvalue weighted by atomic mass is 9.89. The number of unbranched alkanes of at least 4 members (excludes halogenated alkanes) is 18. The Morgan fingerprint density at radius 2 is 0.896 bits per heavy atom. The van der Waals surface area contributed by atoms with Gasteiger partial charge in [-0.3, -0.25) is 0 Å². The third-order valence-corrected chi connectivity index (χ3v) is 9.57. The summed E-state index contributed by atoms with van der Waals surface area (Å²) in [7, 11) is 0. The van der Waals surface area contributed by atoms with Crippen LogP contribution in [0.15, 0.2) is 12.2 Å². The fraction of sp³-hybridized carbons (Fsp3) is 0.932. The van der Waals surface area contributed by atoms with Crippen molar-refractivity contribution in [3.8, 4) is 0 Å². The first-order valence-electron chi connectivity index (χ1n) is 20.9. The highest BCUT2D eigenvalue weighted by atomic mass is 16.7. The van der Waals surface area contributed by atoms with Gasteiger partial charge in [0.25, 0.3) is 0 Å². The first-order valence-corrected chi connectivity index (χ1v) is 20.9. The van der Waals surface area contributed by atoms with Crippen molar-refractivity contribution in [3.63, 3.8) is 0 Å². The maximum absolute atomic E-state index is 12.0. The van der Waals surface area contributed by atoms with Gasteiger partial charge in [-0.15, -0.1) is 0 Å². The van der Waals surface area contributed by atoms with Crippen molar-refractivity contribution in [1.82, 2.24) is 0 Å². The molecular formula is C44H86O4. The molecule has 0 fully saturated rings. The average molecular weight is 679 g/mol. The zero-order valence-electron chi connectivity index (χ0n) is 34.0. The minimum atomic E-state index is -0.286. The SMILES string of the molecule is C=C(C)C(=O)OCCCC(CCCCCCCCC)C(OCCCCCCCCCC(C)(C)C)OCCCCCCCCCC(C)(C)C. The fourth-order valence-electron chi connectivity index (χ4n) is 6.42. The van der Waals surface area contributed by atoms with Crippen LogP contribution in [0, 0.1) is 16.7 Å². The summed E-state index contributed by atoms with van der Waals surface area (Å²) in [5.41, 5.74) is 1.39. The van der Waals surface area contributed by atoms with Gasteiger partial charge in [-0.1, -0.05) is 177 Å². The predicted octanol–water partition coefficient (Wildman–Crippen LogP) is 14.3. The molecule has 0 saturated carbocycles. The first kappa shape index (κ1) is 47.1. The molecule has 0 aromatic heterocycles. The number of rotatable bonds is 34. The number of esters is 1. The predicted molar refractivity (Wildman–Crippen MR) is 210 cm³/mol. The van der Waals surface area contributed by atoms with E-state index in [2.05, 4.69) is 55.0 Å². The van der Waals surface area contributed by atoms with Gasteiger partial charge >= 0.3 is 5.97 Å². The van der Waals surface area contributed by atoms with Crippen LogP contribution in [0.4, 0.5) is 0 Å². The Kier molecular flexibility index (Phi) is 30.4. The van der Waals surface area contributed by atoms with Crippen molar-refractivity contribution in [3.05, 3.63) is 12.2 Å². The number of carbonyl (C=O) groups is 1. The summed E-state index contributed by atoms with van der Waals surface area (Å²) in [5.74, 6) is 0.0564. The molecule has 0 spiro atoms. The molecule has 1 atom stereocenters. The van der Waals surface area contributed by atoms with Gasteiger partial charge in [-0.25, -0.2) is 4.79 Å². The third kappa shape index (κ3) is 33.6. The normalized spacial score (nSPS) is 12.9. The Hall–Kier alpha value is -0.870. The second kappa shape index (κ2) is 30.9. The Balaban J connectivity index is 4.85. The quantitative estimate of drug-likeness (QED) is 0.0294. The Bertz CT molecular complexity index is 697. The van der Waals surface area contributed by atoms with Crippen LogP contribution in [-0.2, 0) is 19.0 Å². The summed E-state index contributed by atoms with van der Waals surface area (Å²) in [6, 6.07) is 0. The maximum Gasteiger partial charge on any atom is 0.333 e. The van der Waals surface area contributed by atoms with Crippen LogP contribution in [-0.4, -0.2) is 32.1 Å². The van der Waals surface area contributed by atoms with Gasteiger partial charge in [0.15, 0.2) is 6.29 Å². The van der Waals surface area contributed by atoms with Crippen LogP contribution in [0.1, 0.15) is 222 Å². The van der Waals surface area contributed by atoms with Gasteiger partial charge in [0.05, 0.1) is 6.61 Å². The Labute approximate surface area is 301 Å². The van der Waals surface area contributed by atoms with Gasteiger partial charge in [0.1, 0.15) is 0 Å². The monoisotopic (exact) mass is 679 g/mol. The van der Waals surface area contributed by atoms with Gasteiger partial charge in [-0.05, 0) is 62.7 Å². The molecule has 0 amide bonds. The topological polar surface area (TPSA) is 44.8 Å². The van der Waals surface area contributed by atoms with E-state index in [0.717, 1.165) is 45.3 Å². The molecule has 0 heterocycles. The average Bonchev–Trinajstić information content (AvgIpc) is 3.01. The number of hydrogen-bond acceptors (Lipinski definition) is 4. The largest absolute Gasteiger partial charge is 0.462 e. The molecule has 0 aliphatic heterocycles. The first-order chi connectivity index (χ1) is 22.9. The van der Waals surface area contributed by atoms with Gasteiger partial charge in [0.2, 0.25) is 0 Å². The molecule has 0 aliphatic rings. The number of ether oxygens (including phenoxy) is 3. The van der Waals surface area contributed by atoms with E-state index in [-0.39, 0.29) is 12.3 Å². The zero-order valence-corrected chi connectivity index (χ0v) is 34.0. The number of carbonyl (C=O) groups excluding carboxylic acids is 1. The van der Waals surface area contributed by atoms with E-state index in [1.807, 2.05) is 0 Å². The maximum atomic E-state index is 12.0. The highest BCUT2D eigenvalue weighted by molar-refractivity contribution is 5.86. The molecule has 0 rings (SSSR count). The van der Waals surface area contributed by atoms with Crippen LogP contribution in [0.25, 0.3) is 0 Å². The van der Waals surface area contributed by atoms with Crippen LogP contribution < -0.4 is 0 Å². The second-order valence-electron chi connectivity index (χ2n) is 17.4. The highest BCUT2D eigenvalue weighted by Gasteiger charge is 2.23. The smallest absolute Gasteiger partial charge is 0.333 e. The van der Waals surface area contributed by atoms with Crippen LogP contribution in [0.3, 0.4) is 0 Å². The molecule has 0 saturated heterocycles. The van der Waals surface area contributed by atoms with Crippen molar-refractivity contribution >= 4 is 5.97 Å². The lowest BCUT2D eigenvalue weighted by Crippen LogP contribution is -2.29. The standard InChI is InChI=1S/C44H86O4/c1-10-11-12-13-16-21-26-32-40(33-31-38-46-41(45)39(2)3)42(47-36-29-24-19-14-17-22-27-34-43(4,5)6)48-37-30-25-20-15-18-23-28-35-44(7,8)9/h40,42H,2,10-38H2,1,3-9H3. The van der Waals surface area contributed by atoms with E-state index in [9.17, 15) is 4.79 Å². The van der Waals surface area contributed by atoms with Crippen molar-refractivity contribution < 1.29 is 19.0 Å². The Morgan fingerprint density at radius 1 is 0.521 bits per heavy atom. The van der Waals surface area contributed by atoms with E-state index in [1.54, 1.807) is 6.92 Å². The summed E-state index contributed by atoms with van der Waals surface area (Å²) in [5, 5.41) is 0. The lowest BCUT2D eigenvalue weighted by molar-refractivity contribution is -0.177. The van der Waals surface area contributed by atoms with Crippen molar-refractivity contribution in [1.29, 1.82) is 0 Å². The molecule has 0 aromatic rings. The molecule has 0 bridgehead atoms. The molecule has 0 aromatic carbocycles. The lowest BCUT2D eigenvalue weighted by Gasteiger charge is -2.28. The molecule has 286 valence electrons. The molecular weight excluding hydrogens is 592 g/mol. The van der Waals surface area contributed by atoms with Gasteiger partial charge in [0, 0.05) is 24.7 Å². The van der Waals surface area contributed by atoms with E-state index in [4.69, 9.17) is 14.2 Å². The van der Waals surface area contributed by atoms with E-state index >= 15 is 0 Å². The second-order valence-corrected chi connectivity index (χ2v) is 17.4. The van der Waals surface area contributed by atoms with Crippen LogP contribution >= 0.6 is 0 Å². The summed E-state index contributed by atoms with van der Waals surface area (Å²) in [6.07, 6.45) is 32.7. The molecule has 4 nitrogen and oxygen atoms in total. The van der Waals surface area contributed by atoms with Crippen LogP contribution in [0.5, 0.6) is 0 Å². The van der Waals surface area contributed by atoms with Crippen LogP contribution in [0.2, 0.25) is 0 Å². The Morgan fingerprint density at radius 3 is 1.31 bits per heavy atom. The van der Waals surface area contributed by atoms with Crippen molar-refractivity contribution in [2.75, 3.05) is 19.8 Å². The highest BCUT2D eigenvalue weighted by Crippen LogP contribution is 2.26. The van der Waals surface area contributed by atoms with Crippen molar-refractivity contribution in [2.45, 2.75) is 229 Å². The minimum absolute atomic E-state index is 0.156. The minimum Gasteiger partial charge on any atom is -0.462 e. The van der Waals surface area contributed by atoms with E-state index in [1.165, 1.54) is 135 Å². The third-order valence-electron chi connectivity index (χ3n) is 9.57. The summed E-state index contributed by atoms with van der Waals surface area (Å²) < 4.78 is 18.6. The van der Waals surface area contributed by atoms with Gasteiger partial charge < -0.3 is 14.2 Å². The summed E-state index contributed by atoms with van der Waals surface area (Å²) in [6.45, 7) is 23.8. The van der Waals surface area contributed by atoms with Gasteiger partial charge in [-0.2, -0.15) is 0 Å². The van der Waals surface area contributed by atoms with E-state index < -0.39 is 0 Å². The molecule has 0 N–H and O–H groups in total. The molecule has 1 unspecified atom stereocenters. The molecule has 4 heteroatoms. The summed E-state index contributed by atoms with van der Waals surface area (Å²) in [4.78, 5) is 12.0.